The van der Waals surface area contributed by atoms with Crippen LogP contribution in [0.3, 0.4) is 0 Å². The molecule has 1 aliphatic heterocycles. The molecule has 3 heteroatoms. The molecule has 0 saturated heterocycles. The highest BCUT2D eigenvalue weighted by Gasteiger charge is 2.27. The molecule has 1 atom stereocenters. The quantitative estimate of drug-likeness (QED) is 0.836. The molecule has 1 unspecified atom stereocenters. The Kier molecular flexibility index (Phi) is 5.12. The van der Waals surface area contributed by atoms with Crippen LogP contribution in [0.25, 0.3) is 0 Å². The predicted molar refractivity (Wildman–Crippen MR) is 81.1 cm³/mol. The van der Waals surface area contributed by atoms with Crippen molar-refractivity contribution in [3.8, 4) is 5.75 Å². The van der Waals surface area contributed by atoms with Crippen LogP contribution in [0.5, 0.6) is 5.75 Å². The normalized spacial score (nSPS) is 15.4. The topological polar surface area (TPSA) is 21.3 Å². The molecule has 1 aromatic carbocycles. The second kappa shape index (κ2) is 6.62. The lowest BCUT2D eigenvalue weighted by Crippen LogP contribution is -2.28. The minimum atomic E-state index is 0.338. The van der Waals surface area contributed by atoms with Crippen LogP contribution in [-0.4, -0.2) is 13.2 Å². The summed E-state index contributed by atoms with van der Waals surface area (Å²) in [6, 6.07) is 4.46. The maximum Gasteiger partial charge on any atom is 0.127 e. The van der Waals surface area contributed by atoms with Gasteiger partial charge in [0.05, 0.1) is 6.61 Å². The largest absolute Gasteiger partial charge is 0.493 e. The molecule has 1 heterocycles. The van der Waals surface area contributed by atoms with Crippen LogP contribution in [0.4, 0.5) is 0 Å². The molecule has 0 spiro atoms. The van der Waals surface area contributed by atoms with Gasteiger partial charge < -0.3 is 10.1 Å². The number of ether oxygens (including phenoxy) is 1. The van der Waals surface area contributed by atoms with E-state index in [0.717, 1.165) is 43.2 Å². The lowest BCUT2D eigenvalue weighted by molar-refractivity contribution is 0.317. The summed E-state index contributed by atoms with van der Waals surface area (Å²) in [5.74, 6) is 1.69. The molecular formula is C16H24ClNO. The first-order chi connectivity index (χ1) is 9.21. The zero-order valence-electron chi connectivity index (χ0n) is 12.1. The van der Waals surface area contributed by atoms with Gasteiger partial charge in [0.25, 0.3) is 0 Å². The Morgan fingerprint density at radius 2 is 2.00 bits per heavy atom. The Morgan fingerprint density at radius 3 is 2.63 bits per heavy atom. The molecule has 0 fully saturated rings. The van der Waals surface area contributed by atoms with Gasteiger partial charge in [0.2, 0.25) is 0 Å². The Bertz CT molecular complexity index is 429. The van der Waals surface area contributed by atoms with Gasteiger partial charge in [-0.2, -0.15) is 0 Å². The smallest absolute Gasteiger partial charge is 0.127 e. The van der Waals surface area contributed by atoms with E-state index < -0.39 is 0 Å². The van der Waals surface area contributed by atoms with Crippen LogP contribution in [0.1, 0.15) is 50.8 Å². The van der Waals surface area contributed by atoms with Crippen LogP contribution >= 0.6 is 11.6 Å². The third-order valence-corrected chi connectivity index (χ3v) is 4.27. The molecule has 1 N–H and O–H groups in total. The summed E-state index contributed by atoms with van der Waals surface area (Å²) in [6.07, 6.45) is 3.30. The van der Waals surface area contributed by atoms with Gasteiger partial charge in [-0.1, -0.05) is 45.2 Å². The maximum atomic E-state index is 6.28. The van der Waals surface area contributed by atoms with E-state index in [1.165, 1.54) is 11.1 Å². The van der Waals surface area contributed by atoms with E-state index in [4.69, 9.17) is 16.3 Å². The molecule has 0 amide bonds. The Balaban J connectivity index is 2.41. The lowest BCUT2D eigenvalue weighted by Gasteiger charge is -2.28. The molecule has 2 rings (SSSR count). The molecule has 19 heavy (non-hydrogen) atoms. The summed E-state index contributed by atoms with van der Waals surface area (Å²) in [5.41, 5.74) is 2.51. The van der Waals surface area contributed by atoms with E-state index in [1.54, 1.807) is 0 Å². The van der Waals surface area contributed by atoms with Crippen LogP contribution in [0.15, 0.2) is 12.1 Å². The summed E-state index contributed by atoms with van der Waals surface area (Å²) in [4.78, 5) is 0. The fourth-order valence-corrected chi connectivity index (χ4v) is 3.29. The van der Waals surface area contributed by atoms with Gasteiger partial charge in [-0.05, 0) is 30.2 Å². The van der Waals surface area contributed by atoms with Crippen LogP contribution in [-0.2, 0) is 6.42 Å². The monoisotopic (exact) mass is 281 g/mol. The van der Waals surface area contributed by atoms with Gasteiger partial charge in [-0.25, -0.2) is 0 Å². The van der Waals surface area contributed by atoms with Crippen LogP contribution < -0.4 is 10.1 Å². The van der Waals surface area contributed by atoms with E-state index in [9.17, 15) is 0 Å². The van der Waals surface area contributed by atoms with Gasteiger partial charge in [0.1, 0.15) is 5.75 Å². The fourth-order valence-electron chi connectivity index (χ4n) is 3.04. The summed E-state index contributed by atoms with van der Waals surface area (Å²) in [6.45, 7) is 8.40. The number of hydrogen-bond donors (Lipinski definition) is 1. The van der Waals surface area contributed by atoms with Gasteiger partial charge in [0.15, 0.2) is 0 Å². The van der Waals surface area contributed by atoms with Gasteiger partial charge >= 0.3 is 0 Å². The van der Waals surface area contributed by atoms with Crippen molar-refractivity contribution in [2.75, 3.05) is 13.2 Å². The Hall–Kier alpha value is -0.730. The maximum absolute atomic E-state index is 6.28. The van der Waals surface area contributed by atoms with Crippen molar-refractivity contribution in [1.82, 2.24) is 5.32 Å². The molecule has 0 radical (unpaired) electrons. The molecule has 0 aromatic heterocycles. The van der Waals surface area contributed by atoms with Crippen molar-refractivity contribution in [2.45, 2.75) is 46.1 Å². The van der Waals surface area contributed by atoms with Crippen molar-refractivity contribution in [2.24, 2.45) is 5.92 Å². The summed E-state index contributed by atoms with van der Waals surface area (Å²) >= 11 is 6.28. The Morgan fingerprint density at radius 1 is 1.26 bits per heavy atom. The minimum Gasteiger partial charge on any atom is -0.493 e. The van der Waals surface area contributed by atoms with E-state index >= 15 is 0 Å². The Labute approximate surface area is 121 Å². The number of hydrogen-bond acceptors (Lipinski definition) is 2. The SMILES string of the molecule is CCNC(c1cc(Cl)cc2c1OCC2)C(CC)CC. The third kappa shape index (κ3) is 3.06. The van der Waals surface area contributed by atoms with Crippen molar-refractivity contribution in [3.05, 3.63) is 28.3 Å². The first kappa shape index (κ1) is 14.7. The fraction of sp³-hybridized carbons (Fsp3) is 0.625. The highest BCUT2D eigenvalue weighted by molar-refractivity contribution is 6.30. The summed E-state index contributed by atoms with van der Waals surface area (Å²) in [7, 11) is 0. The number of rotatable bonds is 6. The van der Waals surface area contributed by atoms with E-state index in [1.807, 2.05) is 6.07 Å². The van der Waals surface area contributed by atoms with E-state index in [0.29, 0.717) is 12.0 Å². The van der Waals surface area contributed by atoms with Gasteiger partial charge in [0, 0.05) is 23.0 Å². The number of halogens is 1. The molecule has 2 nitrogen and oxygen atoms in total. The summed E-state index contributed by atoms with van der Waals surface area (Å²) < 4.78 is 5.85. The molecular weight excluding hydrogens is 258 g/mol. The van der Waals surface area contributed by atoms with Crippen LogP contribution in [0, 0.1) is 5.92 Å². The molecule has 1 aliphatic rings. The minimum absolute atomic E-state index is 0.338. The summed E-state index contributed by atoms with van der Waals surface area (Å²) in [5, 5.41) is 4.45. The average molecular weight is 282 g/mol. The first-order valence-corrected chi connectivity index (χ1v) is 7.77. The molecule has 0 saturated carbocycles. The van der Waals surface area contributed by atoms with Gasteiger partial charge in [-0.3, -0.25) is 0 Å². The van der Waals surface area contributed by atoms with Crippen molar-refractivity contribution in [3.63, 3.8) is 0 Å². The number of nitrogens with one attached hydrogen (secondary N) is 1. The lowest BCUT2D eigenvalue weighted by atomic mass is 9.87. The number of fused-ring (bicyclic) bond motifs is 1. The molecule has 0 bridgehead atoms. The second-order valence-corrected chi connectivity index (χ2v) is 5.63. The van der Waals surface area contributed by atoms with Crippen molar-refractivity contribution >= 4 is 11.6 Å². The standard InChI is InChI=1S/C16H24ClNO/c1-4-11(5-2)15(18-6-3)14-10-13(17)9-12-7-8-19-16(12)14/h9-11,15,18H,4-8H2,1-3H3. The average Bonchev–Trinajstić information content (AvgIpc) is 2.86. The third-order valence-electron chi connectivity index (χ3n) is 4.06. The molecule has 1 aromatic rings. The van der Waals surface area contributed by atoms with Gasteiger partial charge in [-0.15, -0.1) is 0 Å². The molecule has 0 aliphatic carbocycles. The predicted octanol–water partition coefficient (Wildman–Crippen LogP) is 4.36. The van der Waals surface area contributed by atoms with Crippen molar-refractivity contribution < 1.29 is 4.74 Å². The van der Waals surface area contributed by atoms with Crippen LogP contribution in [0.2, 0.25) is 5.02 Å². The second-order valence-electron chi connectivity index (χ2n) is 5.19. The highest BCUT2D eigenvalue weighted by atomic mass is 35.5. The zero-order chi connectivity index (χ0) is 13.8. The van der Waals surface area contributed by atoms with E-state index in [2.05, 4.69) is 32.2 Å². The van der Waals surface area contributed by atoms with E-state index in [-0.39, 0.29) is 0 Å². The van der Waals surface area contributed by atoms with Crippen molar-refractivity contribution in [1.29, 1.82) is 0 Å². The molecule has 106 valence electrons. The number of benzene rings is 1. The highest BCUT2D eigenvalue weighted by Crippen LogP contribution is 2.40. The zero-order valence-corrected chi connectivity index (χ0v) is 12.9. The first-order valence-electron chi connectivity index (χ1n) is 7.39.